The molecule has 1 unspecified atom stereocenters. The van der Waals surface area contributed by atoms with Gasteiger partial charge in [-0.15, -0.1) is 0 Å². The second kappa shape index (κ2) is 5.66. The lowest BCUT2D eigenvalue weighted by Gasteiger charge is -2.30. The molecule has 4 heteroatoms. The molecule has 1 aromatic carbocycles. The molecule has 0 bridgehead atoms. The molecule has 1 N–H and O–H groups in total. The monoisotopic (exact) mass is 265 g/mol. The van der Waals surface area contributed by atoms with Crippen LogP contribution in [0.4, 0.5) is 8.78 Å². The lowest BCUT2D eigenvalue weighted by atomic mass is 9.74. The van der Waals surface area contributed by atoms with E-state index in [4.69, 9.17) is 0 Å². The fourth-order valence-corrected chi connectivity index (χ4v) is 2.86. The van der Waals surface area contributed by atoms with Gasteiger partial charge >= 0.3 is 0 Å². The van der Waals surface area contributed by atoms with Gasteiger partial charge in [0.15, 0.2) is 0 Å². The summed E-state index contributed by atoms with van der Waals surface area (Å²) < 4.78 is 26.5. The van der Waals surface area contributed by atoms with Gasteiger partial charge in [0.05, 0.1) is 17.6 Å². The van der Waals surface area contributed by atoms with Gasteiger partial charge in [-0.3, -0.25) is 0 Å². The zero-order valence-electron chi connectivity index (χ0n) is 10.7. The largest absolute Gasteiger partial charge is 0.387 e. The van der Waals surface area contributed by atoms with E-state index in [0.29, 0.717) is 12.8 Å². The van der Waals surface area contributed by atoms with Crippen LogP contribution in [0.15, 0.2) is 18.2 Å². The molecule has 2 rings (SSSR count). The fraction of sp³-hybridized carbons (Fsp3) is 0.533. The molecule has 0 saturated heterocycles. The molecule has 1 atom stereocenters. The van der Waals surface area contributed by atoms with Crippen LogP contribution in [-0.2, 0) is 0 Å². The number of benzene rings is 1. The summed E-state index contributed by atoms with van der Waals surface area (Å²) in [6, 6.07) is 5.18. The normalized spacial score (nSPS) is 20.3. The van der Waals surface area contributed by atoms with E-state index >= 15 is 0 Å². The van der Waals surface area contributed by atoms with Crippen molar-refractivity contribution in [1.82, 2.24) is 0 Å². The van der Waals surface area contributed by atoms with E-state index in [9.17, 15) is 19.1 Å². The first-order chi connectivity index (χ1) is 9.07. The highest BCUT2D eigenvalue weighted by Crippen LogP contribution is 2.44. The molecule has 1 saturated carbocycles. The number of rotatable bonds is 2. The lowest BCUT2D eigenvalue weighted by Crippen LogP contribution is -2.27. The molecule has 0 spiro atoms. The number of nitriles is 1. The minimum atomic E-state index is -1.14. The van der Waals surface area contributed by atoms with Gasteiger partial charge in [0.2, 0.25) is 0 Å². The van der Waals surface area contributed by atoms with Crippen molar-refractivity contribution in [3.05, 3.63) is 35.4 Å². The Morgan fingerprint density at radius 1 is 1.05 bits per heavy atom. The molecule has 0 aliphatic heterocycles. The quantitative estimate of drug-likeness (QED) is 0.825. The Balaban J connectivity index is 2.34. The Labute approximate surface area is 111 Å². The van der Waals surface area contributed by atoms with Gasteiger partial charge in [0.1, 0.15) is 11.6 Å². The van der Waals surface area contributed by atoms with Crippen molar-refractivity contribution in [1.29, 1.82) is 5.26 Å². The summed E-state index contributed by atoms with van der Waals surface area (Å²) in [7, 11) is 0. The Hall–Kier alpha value is -1.47. The fourth-order valence-electron chi connectivity index (χ4n) is 2.86. The third-order valence-corrected chi connectivity index (χ3v) is 3.94. The van der Waals surface area contributed by atoms with Crippen LogP contribution < -0.4 is 0 Å². The van der Waals surface area contributed by atoms with Crippen LogP contribution in [0.25, 0.3) is 0 Å². The van der Waals surface area contributed by atoms with Crippen molar-refractivity contribution in [2.24, 2.45) is 5.41 Å². The van der Waals surface area contributed by atoms with E-state index in [0.717, 1.165) is 43.9 Å². The smallest absolute Gasteiger partial charge is 0.126 e. The summed E-state index contributed by atoms with van der Waals surface area (Å²) in [6.07, 6.45) is 3.80. The first-order valence-electron chi connectivity index (χ1n) is 6.63. The third-order valence-electron chi connectivity index (χ3n) is 3.94. The van der Waals surface area contributed by atoms with Crippen molar-refractivity contribution in [2.45, 2.75) is 44.6 Å². The maximum Gasteiger partial charge on any atom is 0.126 e. The predicted molar refractivity (Wildman–Crippen MR) is 67.1 cm³/mol. The van der Waals surface area contributed by atoms with Gasteiger partial charge in [0, 0.05) is 6.07 Å². The molecule has 0 amide bonds. The van der Waals surface area contributed by atoms with Gasteiger partial charge in [-0.2, -0.15) is 5.26 Å². The summed E-state index contributed by atoms with van der Waals surface area (Å²) in [5, 5.41) is 19.9. The Morgan fingerprint density at radius 3 is 2.05 bits per heavy atom. The number of nitrogens with zero attached hydrogens (tertiary/aromatic N) is 1. The van der Waals surface area contributed by atoms with Crippen molar-refractivity contribution >= 4 is 0 Å². The highest BCUT2D eigenvalue weighted by atomic mass is 19.1. The van der Waals surface area contributed by atoms with E-state index in [-0.39, 0.29) is 5.56 Å². The van der Waals surface area contributed by atoms with Crippen molar-refractivity contribution in [3.8, 4) is 6.07 Å². The van der Waals surface area contributed by atoms with Crippen LogP contribution in [0, 0.1) is 28.4 Å². The van der Waals surface area contributed by atoms with Gasteiger partial charge in [-0.05, 0) is 30.5 Å². The van der Waals surface area contributed by atoms with Gasteiger partial charge in [0.25, 0.3) is 0 Å². The van der Waals surface area contributed by atoms with Crippen LogP contribution in [0.5, 0.6) is 0 Å². The Morgan fingerprint density at radius 2 is 1.58 bits per heavy atom. The Bertz CT molecular complexity index is 467. The molecule has 19 heavy (non-hydrogen) atoms. The van der Waals surface area contributed by atoms with Gasteiger partial charge in [-0.25, -0.2) is 8.78 Å². The molecule has 0 aromatic heterocycles. The summed E-state index contributed by atoms with van der Waals surface area (Å²) in [6.45, 7) is 0. The zero-order valence-corrected chi connectivity index (χ0v) is 10.7. The summed E-state index contributed by atoms with van der Waals surface area (Å²) in [5.74, 6) is -1.45. The van der Waals surface area contributed by atoms with Crippen LogP contribution in [0.3, 0.4) is 0 Å². The topological polar surface area (TPSA) is 44.0 Å². The molecule has 1 aromatic rings. The van der Waals surface area contributed by atoms with Crippen LogP contribution >= 0.6 is 0 Å². The molecule has 1 fully saturated rings. The number of halogens is 2. The highest BCUT2D eigenvalue weighted by molar-refractivity contribution is 5.25. The number of hydrogen-bond donors (Lipinski definition) is 1. The standard InChI is InChI=1S/C15H17F2NO/c16-12-7-11(8-13(17)9-12)14(19)15(10-18)5-3-1-2-4-6-15/h7-9,14,19H,1-6H2. The van der Waals surface area contributed by atoms with Gasteiger partial charge in [-0.1, -0.05) is 25.7 Å². The highest BCUT2D eigenvalue weighted by Gasteiger charge is 2.39. The maximum absolute atomic E-state index is 13.2. The van der Waals surface area contributed by atoms with E-state index in [1.54, 1.807) is 0 Å². The third kappa shape index (κ3) is 2.93. The molecular weight excluding hydrogens is 248 g/mol. The van der Waals surface area contributed by atoms with Crippen LogP contribution in [-0.4, -0.2) is 5.11 Å². The SMILES string of the molecule is N#CC1(C(O)c2cc(F)cc(F)c2)CCCCCC1. The van der Waals surface area contributed by atoms with E-state index < -0.39 is 23.2 Å². The first kappa shape index (κ1) is 14.0. The average molecular weight is 265 g/mol. The number of aliphatic hydroxyl groups is 1. The molecule has 102 valence electrons. The number of aliphatic hydroxyl groups excluding tert-OH is 1. The predicted octanol–water partition coefficient (Wildman–Crippen LogP) is 3.86. The zero-order chi connectivity index (χ0) is 13.9. The lowest BCUT2D eigenvalue weighted by molar-refractivity contribution is 0.0511. The molecule has 0 heterocycles. The van der Waals surface area contributed by atoms with Crippen LogP contribution in [0.2, 0.25) is 0 Å². The Kier molecular flexibility index (Phi) is 4.16. The minimum absolute atomic E-state index is 0.154. The second-order valence-corrected chi connectivity index (χ2v) is 5.29. The summed E-state index contributed by atoms with van der Waals surface area (Å²) in [5.41, 5.74) is -0.766. The van der Waals surface area contributed by atoms with Crippen molar-refractivity contribution in [3.63, 3.8) is 0 Å². The molecule has 1 aliphatic carbocycles. The summed E-state index contributed by atoms with van der Waals surface area (Å²) in [4.78, 5) is 0. The van der Waals surface area contributed by atoms with Gasteiger partial charge < -0.3 is 5.11 Å². The minimum Gasteiger partial charge on any atom is -0.387 e. The molecule has 2 nitrogen and oxygen atoms in total. The molecule has 0 radical (unpaired) electrons. The maximum atomic E-state index is 13.2. The van der Waals surface area contributed by atoms with Crippen molar-refractivity contribution in [2.75, 3.05) is 0 Å². The molecule has 1 aliphatic rings. The van der Waals surface area contributed by atoms with E-state index in [2.05, 4.69) is 6.07 Å². The summed E-state index contributed by atoms with van der Waals surface area (Å²) >= 11 is 0. The average Bonchev–Trinajstić information content (AvgIpc) is 2.63. The number of hydrogen-bond acceptors (Lipinski definition) is 2. The first-order valence-corrected chi connectivity index (χ1v) is 6.63. The van der Waals surface area contributed by atoms with E-state index in [1.807, 2.05) is 0 Å². The van der Waals surface area contributed by atoms with E-state index in [1.165, 1.54) is 0 Å². The van der Waals surface area contributed by atoms with Crippen molar-refractivity contribution < 1.29 is 13.9 Å². The second-order valence-electron chi connectivity index (χ2n) is 5.29. The van der Waals surface area contributed by atoms with Crippen LogP contribution in [0.1, 0.15) is 50.2 Å². The molecular formula is C15H17F2NO.